The molecule has 0 aromatic heterocycles. The normalized spacial score (nSPS) is 32.0. The first-order chi connectivity index (χ1) is 20.8. The fourth-order valence-electron chi connectivity index (χ4n) is 7.64. The summed E-state index contributed by atoms with van der Waals surface area (Å²) in [6.07, 6.45) is 17.1. The van der Waals surface area contributed by atoms with Crippen molar-refractivity contribution in [1.29, 1.82) is 0 Å². The highest BCUT2D eigenvalue weighted by Crippen LogP contribution is 2.45. The maximum absolute atomic E-state index is 13.1. The van der Waals surface area contributed by atoms with Crippen LogP contribution in [0.15, 0.2) is 54.1 Å². The molecule has 2 fully saturated rings. The Morgan fingerprint density at radius 1 is 1.02 bits per heavy atom. The summed E-state index contributed by atoms with van der Waals surface area (Å²) in [5.41, 5.74) is 2.30. The van der Waals surface area contributed by atoms with E-state index in [-0.39, 0.29) is 42.0 Å². The SMILES string of the molecule is CCC(C)C(=O)OC1CC(C)C=C2C=CC(C)C(CC[C@@H]3C[C@H](CC(=O)NC4CCCCC4)OB(c4ccccc4)O3)C21. The highest BCUT2D eigenvalue weighted by molar-refractivity contribution is 6.61. The van der Waals surface area contributed by atoms with E-state index in [9.17, 15) is 9.59 Å². The molecule has 1 aromatic rings. The molecule has 1 amide bonds. The van der Waals surface area contributed by atoms with Gasteiger partial charge in [-0.25, -0.2) is 0 Å². The number of allylic oxidation sites excluding steroid dienone is 3. The minimum absolute atomic E-state index is 0.0133. The summed E-state index contributed by atoms with van der Waals surface area (Å²) >= 11 is 0. The van der Waals surface area contributed by atoms with Gasteiger partial charge in [-0.2, -0.15) is 0 Å². The molecule has 7 heteroatoms. The van der Waals surface area contributed by atoms with Crippen LogP contribution in [0.5, 0.6) is 0 Å². The number of ether oxygens (including phenoxy) is 1. The number of rotatable bonds is 10. The second-order valence-corrected chi connectivity index (χ2v) is 13.8. The number of esters is 1. The summed E-state index contributed by atoms with van der Waals surface area (Å²) in [5, 5.41) is 3.28. The molecule has 6 unspecified atom stereocenters. The zero-order chi connectivity index (χ0) is 30.3. The molecule has 1 aliphatic heterocycles. The van der Waals surface area contributed by atoms with Crippen LogP contribution in [0.1, 0.15) is 98.3 Å². The summed E-state index contributed by atoms with van der Waals surface area (Å²) in [7, 11) is -0.480. The van der Waals surface area contributed by atoms with Crippen molar-refractivity contribution in [2.24, 2.45) is 29.6 Å². The lowest BCUT2D eigenvalue weighted by Gasteiger charge is -2.44. The highest BCUT2D eigenvalue weighted by atomic mass is 16.6. The molecule has 6 nitrogen and oxygen atoms in total. The Kier molecular flexibility index (Phi) is 11.2. The Bertz CT molecular complexity index is 1130. The maximum Gasteiger partial charge on any atom is 0.494 e. The highest BCUT2D eigenvalue weighted by Gasteiger charge is 2.43. The van der Waals surface area contributed by atoms with Crippen molar-refractivity contribution < 1.29 is 23.6 Å². The van der Waals surface area contributed by atoms with Crippen LogP contribution in [0, 0.1) is 29.6 Å². The standard InChI is InChI=1S/C36H52BNO5/c1-5-25(3)36(40)41-33-21-24(2)20-27-17-16-26(4)32(35(27)33)19-18-30-22-31(23-34(39)38-29-14-10-7-11-15-29)43-37(42-30)28-12-8-6-9-13-28/h6,8-9,12-13,16-17,20,24-26,29-33,35H,5,7,10-11,14-15,18-19,21-23H2,1-4H3,(H,38,39)/t24?,25?,26?,30-,31-,32?,33?,35?/m1/s1. The van der Waals surface area contributed by atoms with E-state index >= 15 is 0 Å². The van der Waals surface area contributed by atoms with Crippen molar-refractivity contribution in [3.63, 3.8) is 0 Å². The third-order valence-corrected chi connectivity index (χ3v) is 10.3. The molecule has 8 atom stereocenters. The van der Waals surface area contributed by atoms with E-state index < -0.39 is 7.12 Å². The van der Waals surface area contributed by atoms with Crippen molar-refractivity contribution in [1.82, 2.24) is 5.32 Å². The lowest BCUT2D eigenvalue weighted by Crippen LogP contribution is -2.50. The molecule has 0 spiro atoms. The number of fused-ring (bicyclic) bond motifs is 1. The Morgan fingerprint density at radius 2 is 1.77 bits per heavy atom. The summed E-state index contributed by atoms with van der Waals surface area (Å²) in [6.45, 7) is 8.51. The second kappa shape index (κ2) is 15.1. The molecular weight excluding hydrogens is 537 g/mol. The van der Waals surface area contributed by atoms with Gasteiger partial charge >= 0.3 is 13.1 Å². The maximum atomic E-state index is 13.1. The second-order valence-electron chi connectivity index (χ2n) is 13.8. The lowest BCUT2D eigenvalue weighted by molar-refractivity contribution is -0.158. The average Bonchev–Trinajstić information content (AvgIpc) is 3.01. The Labute approximate surface area is 259 Å². The quantitative estimate of drug-likeness (QED) is 0.248. The van der Waals surface area contributed by atoms with Crippen molar-refractivity contribution >= 4 is 24.5 Å². The number of benzene rings is 1. The van der Waals surface area contributed by atoms with Crippen LogP contribution >= 0.6 is 0 Å². The average molecular weight is 590 g/mol. The third-order valence-electron chi connectivity index (χ3n) is 10.3. The van der Waals surface area contributed by atoms with Crippen LogP contribution in [-0.2, 0) is 23.6 Å². The van der Waals surface area contributed by atoms with E-state index in [4.69, 9.17) is 14.0 Å². The van der Waals surface area contributed by atoms with E-state index in [1.165, 1.54) is 24.8 Å². The zero-order valence-corrected chi connectivity index (χ0v) is 26.7. The van der Waals surface area contributed by atoms with Crippen LogP contribution in [0.25, 0.3) is 0 Å². The van der Waals surface area contributed by atoms with Crippen molar-refractivity contribution in [3.05, 3.63) is 54.1 Å². The number of hydrogen-bond donors (Lipinski definition) is 1. The molecule has 1 N–H and O–H groups in total. The van der Waals surface area contributed by atoms with Gasteiger partial charge in [0, 0.05) is 18.1 Å². The smallest absolute Gasteiger partial charge is 0.461 e. The number of carbonyl (C=O) groups is 2. The van der Waals surface area contributed by atoms with Crippen LogP contribution in [0.4, 0.5) is 0 Å². The molecule has 5 rings (SSSR count). The number of nitrogens with one attached hydrogen (secondary N) is 1. The molecule has 1 saturated heterocycles. The molecule has 4 aliphatic rings. The first kappa shape index (κ1) is 32.0. The molecule has 1 saturated carbocycles. The fourth-order valence-corrected chi connectivity index (χ4v) is 7.64. The van der Waals surface area contributed by atoms with Gasteiger partial charge in [-0.1, -0.05) is 95.5 Å². The van der Waals surface area contributed by atoms with Gasteiger partial charge in [-0.05, 0) is 73.7 Å². The molecule has 234 valence electrons. The minimum Gasteiger partial charge on any atom is -0.461 e. The van der Waals surface area contributed by atoms with Gasteiger partial charge in [0.2, 0.25) is 5.91 Å². The third kappa shape index (κ3) is 8.42. The summed E-state index contributed by atoms with van der Waals surface area (Å²) < 4.78 is 19.2. The summed E-state index contributed by atoms with van der Waals surface area (Å²) in [4.78, 5) is 26.0. The Balaban J connectivity index is 1.28. The van der Waals surface area contributed by atoms with E-state index in [1.807, 2.05) is 44.2 Å². The van der Waals surface area contributed by atoms with Gasteiger partial charge in [0.1, 0.15) is 6.10 Å². The van der Waals surface area contributed by atoms with Crippen LogP contribution in [0.2, 0.25) is 0 Å². The summed E-state index contributed by atoms with van der Waals surface area (Å²) in [5.74, 6) is 1.24. The number of amides is 1. The number of carbonyl (C=O) groups excluding carboxylic acids is 2. The van der Waals surface area contributed by atoms with Gasteiger partial charge in [0.15, 0.2) is 0 Å². The molecule has 3 aliphatic carbocycles. The molecule has 43 heavy (non-hydrogen) atoms. The lowest BCUT2D eigenvalue weighted by atomic mass is 9.65. The van der Waals surface area contributed by atoms with Gasteiger partial charge in [-0.3, -0.25) is 9.59 Å². The molecule has 0 bridgehead atoms. The Morgan fingerprint density at radius 3 is 2.51 bits per heavy atom. The minimum atomic E-state index is -0.480. The van der Waals surface area contributed by atoms with Crippen LogP contribution < -0.4 is 10.8 Å². The monoisotopic (exact) mass is 589 g/mol. The largest absolute Gasteiger partial charge is 0.494 e. The topological polar surface area (TPSA) is 73.9 Å². The number of hydrogen-bond acceptors (Lipinski definition) is 5. The predicted octanol–water partition coefficient (Wildman–Crippen LogP) is 6.54. The van der Waals surface area contributed by atoms with E-state index in [0.717, 1.165) is 44.0 Å². The van der Waals surface area contributed by atoms with Gasteiger partial charge < -0.3 is 19.4 Å². The van der Waals surface area contributed by atoms with Gasteiger partial charge in [0.05, 0.1) is 18.4 Å². The first-order valence-electron chi connectivity index (χ1n) is 17.1. The van der Waals surface area contributed by atoms with Crippen molar-refractivity contribution in [2.45, 2.75) is 123 Å². The van der Waals surface area contributed by atoms with Gasteiger partial charge in [0.25, 0.3) is 0 Å². The summed E-state index contributed by atoms with van der Waals surface area (Å²) in [6, 6.07) is 10.4. The van der Waals surface area contributed by atoms with E-state index in [0.29, 0.717) is 36.6 Å². The van der Waals surface area contributed by atoms with Crippen LogP contribution in [-0.4, -0.2) is 43.3 Å². The Hall–Kier alpha value is -2.38. The van der Waals surface area contributed by atoms with Crippen molar-refractivity contribution in [3.8, 4) is 0 Å². The fraction of sp³-hybridized carbons (Fsp3) is 0.667. The molecule has 1 heterocycles. The first-order valence-corrected chi connectivity index (χ1v) is 17.1. The zero-order valence-electron chi connectivity index (χ0n) is 26.7. The van der Waals surface area contributed by atoms with Gasteiger partial charge in [-0.15, -0.1) is 0 Å². The van der Waals surface area contributed by atoms with Crippen LogP contribution in [0.3, 0.4) is 0 Å². The molecule has 0 radical (unpaired) electrons. The van der Waals surface area contributed by atoms with Crippen molar-refractivity contribution in [2.75, 3.05) is 0 Å². The van der Waals surface area contributed by atoms with E-state index in [2.05, 4.69) is 37.4 Å². The van der Waals surface area contributed by atoms with E-state index in [1.54, 1.807) is 0 Å². The molecule has 1 aromatic carbocycles. The predicted molar refractivity (Wildman–Crippen MR) is 172 cm³/mol. The molecular formula is C36H52BNO5.